The van der Waals surface area contributed by atoms with E-state index in [0.717, 1.165) is 12.8 Å². The molecule has 1 aliphatic heterocycles. The van der Waals surface area contributed by atoms with Gasteiger partial charge in [-0.15, -0.1) is 0 Å². The lowest BCUT2D eigenvalue weighted by molar-refractivity contribution is -0.146. The molecule has 0 atom stereocenters. The second-order valence-electron chi connectivity index (χ2n) is 3.37. The summed E-state index contributed by atoms with van der Waals surface area (Å²) in [6.45, 7) is 1.28. The zero-order chi connectivity index (χ0) is 10.9. The van der Waals surface area contributed by atoms with E-state index in [2.05, 4.69) is 4.74 Å². The van der Waals surface area contributed by atoms with Gasteiger partial charge < -0.3 is 10.5 Å². The minimum atomic E-state index is -0.0359. The maximum atomic E-state index is 10.2. The summed E-state index contributed by atoms with van der Waals surface area (Å²) >= 11 is 0. The van der Waals surface area contributed by atoms with Crippen molar-refractivity contribution in [2.24, 2.45) is 5.73 Å². The zero-order valence-electron chi connectivity index (χ0n) is 8.82. The number of hydrogen-bond donors (Lipinski definition) is 1. The number of cyclic esters (lactones) is 1. The quantitative estimate of drug-likeness (QED) is 0.715. The molecule has 0 aromatic heterocycles. The van der Waals surface area contributed by atoms with Gasteiger partial charge in [-0.3, -0.25) is 4.79 Å². The van der Waals surface area contributed by atoms with Crippen molar-refractivity contribution in [2.45, 2.75) is 25.8 Å². The van der Waals surface area contributed by atoms with Gasteiger partial charge in [-0.1, -0.05) is 30.3 Å². The number of hydrogen-bond acceptors (Lipinski definition) is 3. The molecule has 1 aliphatic rings. The van der Waals surface area contributed by atoms with Gasteiger partial charge in [-0.2, -0.15) is 0 Å². The van der Waals surface area contributed by atoms with Crippen LogP contribution in [0.15, 0.2) is 30.3 Å². The van der Waals surface area contributed by atoms with E-state index in [9.17, 15) is 4.79 Å². The lowest BCUT2D eigenvalue weighted by Crippen LogP contribution is -2.10. The number of nitrogens with two attached hydrogens (primary N) is 1. The number of benzene rings is 1. The highest BCUT2D eigenvalue weighted by Gasteiger charge is 2.06. The molecule has 1 fully saturated rings. The Morgan fingerprint density at radius 1 is 1.20 bits per heavy atom. The Labute approximate surface area is 90.2 Å². The highest BCUT2D eigenvalue weighted by molar-refractivity contribution is 5.69. The molecule has 2 N–H and O–H groups in total. The van der Waals surface area contributed by atoms with Crippen LogP contribution in [0.2, 0.25) is 0 Å². The van der Waals surface area contributed by atoms with E-state index in [1.54, 1.807) is 0 Å². The van der Waals surface area contributed by atoms with E-state index >= 15 is 0 Å². The Morgan fingerprint density at radius 2 is 1.93 bits per heavy atom. The van der Waals surface area contributed by atoms with Crippen molar-refractivity contribution < 1.29 is 9.53 Å². The molecule has 0 radical (unpaired) electrons. The Morgan fingerprint density at radius 3 is 2.27 bits per heavy atom. The predicted molar refractivity (Wildman–Crippen MR) is 59.1 cm³/mol. The molecule has 0 amide bonds. The molecule has 0 saturated carbocycles. The zero-order valence-corrected chi connectivity index (χ0v) is 8.82. The third-order valence-electron chi connectivity index (χ3n) is 2.12. The summed E-state index contributed by atoms with van der Waals surface area (Å²) in [5, 5.41) is 0. The van der Waals surface area contributed by atoms with Gasteiger partial charge in [0.25, 0.3) is 0 Å². The van der Waals surface area contributed by atoms with Crippen molar-refractivity contribution in [1.82, 2.24) is 0 Å². The molecule has 1 aromatic rings. The smallest absolute Gasteiger partial charge is 0.305 e. The SMILES string of the molecule is NCc1ccccc1.O=C1CCCCO1. The average molecular weight is 207 g/mol. The molecule has 1 heterocycles. The molecule has 82 valence electrons. The van der Waals surface area contributed by atoms with E-state index in [1.165, 1.54) is 5.56 Å². The Balaban J connectivity index is 0.000000151. The van der Waals surface area contributed by atoms with Crippen LogP contribution in [0.25, 0.3) is 0 Å². The molecule has 0 aliphatic carbocycles. The van der Waals surface area contributed by atoms with Crippen LogP contribution in [0.1, 0.15) is 24.8 Å². The van der Waals surface area contributed by atoms with Crippen molar-refractivity contribution in [3.8, 4) is 0 Å². The second kappa shape index (κ2) is 7.01. The third kappa shape index (κ3) is 5.18. The van der Waals surface area contributed by atoms with Crippen LogP contribution in [-0.2, 0) is 16.1 Å². The molecular formula is C12H17NO2. The number of rotatable bonds is 1. The molecule has 1 aromatic carbocycles. The van der Waals surface area contributed by atoms with Gasteiger partial charge in [-0.25, -0.2) is 0 Å². The van der Waals surface area contributed by atoms with E-state index in [1.807, 2.05) is 30.3 Å². The topological polar surface area (TPSA) is 52.3 Å². The summed E-state index contributed by atoms with van der Waals surface area (Å²) in [4.78, 5) is 10.2. The molecule has 3 nitrogen and oxygen atoms in total. The van der Waals surface area contributed by atoms with Crippen LogP contribution in [0.5, 0.6) is 0 Å². The standard InChI is InChI=1S/C7H9N.C5H8O2/c8-6-7-4-2-1-3-5-7;6-5-3-1-2-4-7-5/h1-5H,6,8H2;1-4H2. The van der Waals surface area contributed by atoms with Crippen LogP contribution < -0.4 is 5.73 Å². The van der Waals surface area contributed by atoms with Gasteiger partial charge in [0, 0.05) is 13.0 Å². The summed E-state index contributed by atoms with van der Waals surface area (Å²) in [6, 6.07) is 9.99. The summed E-state index contributed by atoms with van der Waals surface area (Å²) in [6.07, 6.45) is 2.69. The minimum Gasteiger partial charge on any atom is -0.466 e. The fourth-order valence-electron chi connectivity index (χ4n) is 1.24. The first-order chi connectivity index (χ1) is 7.33. The van der Waals surface area contributed by atoms with Crippen LogP contribution in [0, 0.1) is 0 Å². The molecule has 0 bridgehead atoms. The van der Waals surface area contributed by atoms with Gasteiger partial charge in [-0.05, 0) is 18.4 Å². The Bertz CT molecular complexity index is 277. The maximum Gasteiger partial charge on any atom is 0.305 e. The highest BCUT2D eigenvalue weighted by Crippen LogP contribution is 2.04. The average Bonchev–Trinajstić information content (AvgIpc) is 2.32. The van der Waals surface area contributed by atoms with E-state index < -0.39 is 0 Å². The Kier molecular flexibility index (Phi) is 5.48. The van der Waals surface area contributed by atoms with Crippen LogP contribution in [0.4, 0.5) is 0 Å². The first kappa shape index (κ1) is 11.7. The monoisotopic (exact) mass is 207 g/mol. The summed E-state index contributed by atoms with van der Waals surface area (Å²) < 4.78 is 4.64. The van der Waals surface area contributed by atoms with Crippen LogP contribution in [0.3, 0.4) is 0 Å². The fourth-order valence-corrected chi connectivity index (χ4v) is 1.24. The fraction of sp³-hybridized carbons (Fsp3) is 0.417. The van der Waals surface area contributed by atoms with Crippen molar-refractivity contribution in [2.75, 3.05) is 6.61 Å². The van der Waals surface area contributed by atoms with E-state index in [4.69, 9.17) is 5.73 Å². The first-order valence-corrected chi connectivity index (χ1v) is 5.22. The second-order valence-corrected chi connectivity index (χ2v) is 3.37. The molecule has 15 heavy (non-hydrogen) atoms. The number of esters is 1. The maximum absolute atomic E-state index is 10.2. The lowest BCUT2D eigenvalue weighted by atomic mass is 10.2. The Hall–Kier alpha value is -1.35. The number of carbonyl (C=O) groups is 1. The van der Waals surface area contributed by atoms with Gasteiger partial charge in [0.2, 0.25) is 0 Å². The number of carbonyl (C=O) groups excluding carboxylic acids is 1. The lowest BCUT2D eigenvalue weighted by Gasteiger charge is -2.08. The van der Waals surface area contributed by atoms with Crippen LogP contribution >= 0.6 is 0 Å². The molecule has 0 unspecified atom stereocenters. The van der Waals surface area contributed by atoms with Crippen molar-refractivity contribution in [3.05, 3.63) is 35.9 Å². The van der Waals surface area contributed by atoms with E-state index in [-0.39, 0.29) is 5.97 Å². The van der Waals surface area contributed by atoms with Crippen molar-refractivity contribution in [1.29, 1.82) is 0 Å². The van der Waals surface area contributed by atoms with Gasteiger partial charge in [0.05, 0.1) is 6.61 Å². The van der Waals surface area contributed by atoms with E-state index in [0.29, 0.717) is 19.6 Å². The minimum absolute atomic E-state index is 0.0359. The summed E-state index contributed by atoms with van der Waals surface area (Å²) in [5.74, 6) is -0.0359. The molecule has 2 rings (SSSR count). The first-order valence-electron chi connectivity index (χ1n) is 5.22. The van der Waals surface area contributed by atoms with Crippen molar-refractivity contribution >= 4 is 5.97 Å². The van der Waals surface area contributed by atoms with Crippen molar-refractivity contribution in [3.63, 3.8) is 0 Å². The highest BCUT2D eigenvalue weighted by atomic mass is 16.5. The molecule has 0 spiro atoms. The molecule has 3 heteroatoms. The largest absolute Gasteiger partial charge is 0.466 e. The summed E-state index contributed by atoms with van der Waals surface area (Å²) in [7, 11) is 0. The van der Waals surface area contributed by atoms with Gasteiger partial charge in [0.15, 0.2) is 0 Å². The summed E-state index contributed by atoms with van der Waals surface area (Å²) in [5.41, 5.74) is 6.54. The third-order valence-corrected chi connectivity index (χ3v) is 2.12. The molecule has 1 saturated heterocycles. The van der Waals surface area contributed by atoms with Gasteiger partial charge >= 0.3 is 5.97 Å². The van der Waals surface area contributed by atoms with Gasteiger partial charge in [0.1, 0.15) is 0 Å². The normalized spacial score (nSPS) is 14.9. The van der Waals surface area contributed by atoms with Crippen LogP contribution in [-0.4, -0.2) is 12.6 Å². The number of ether oxygens (including phenoxy) is 1. The molecular weight excluding hydrogens is 190 g/mol. The predicted octanol–water partition coefficient (Wildman–Crippen LogP) is 1.86.